The zero-order valence-corrected chi connectivity index (χ0v) is 17.9. The minimum Gasteiger partial charge on any atom is -0.394 e. The number of carbonyl (C=O) groups excluding carboxylic acids is 4. The van der Waals surface area contributed by atoms with Crippen LogP contribution in [-0.2, 0) is 23.9 Å². The van der Waals surface area contributed by atoms with Crippen LogP contribution in [0, 0.1) is 0 Å². The van der Waals surface area contributed by atoms with Gasteiger partial charge >= 0.3 is 0 Å². The average Bonchev–Trinajstić information content (AvgIpc) is 2.69. The third kappa shape index (κ3) is 13.2. The molecule has 0 bridgehead atoms. The Bertz CT molecular complexity index is 529. The summed E-state index contributed by atoms with van der Waals surface area (Å²) < 4.78 is 5.27. The van der Waals surface area contributed by atoms with Crippen molar-refractivity contribution in [1.29, 1.82) is 0 Å². The van der Waals surface area contributed by atoms with E-state index in [4.69, 9.17) is 4.74 Å². The number of hydrogen-bond donors (Lipinski definition) is 5. The zero-order valence-electron chi connectivity index (χ0n) is 17.9. The first-order valence-electron chi connectivity index (χ1n) is 9.94. The van der Waals surface area contributed by atoms with Crippen molar-refractivity contribution in [3.63, 3.8) is 0 Å². The normalized spacial score (nSPS) is 14.1. The quantitative estimate of drug-likeness (QED) is 0.138. The largest absolute Gasteiger partial charge is 0.394 e. The summed E-state index contributed by atoms with van der Waals surface area (Å²) in [6, 6.07) is -1.80. The maximum Gasteiger partial charge on any atom is 0.239 e. The molecule has 0 spiro atoms. The summed E-state index contributed by atoms with van der Waals surface area (Å²) >= 11 is 0. The van der Waals surface area contributed by atoms with Crippen LogP contribution in [0.4, 0.5) is 0 Å². The number of nitrogens with one attached hydrogen (secondary N) is 4. The maximum atomic E-state index is 12.2. The van der Waals surface area contributed by atoms with Crippen molar-refractivity contribution in [2.45, 2.75) is 65.1 Å². The fourth-order valence-corrected chi connectivity index (χ4v) is 2.22. The van der Waals surface area contributed by atoms with E-state index in [1.54, 1.807) is 13.8 Å². The number of hydrogen-bond acceptors (Lipinski definition) is 9. The van der Waals surface area contributed by atoms with E-state index in [1.165, 1.54) is 6.92 Å². The van der Waals surface area contributed by atoms with E-state index in [1.807, 2.05) is 6.92 Å². The second-order valence-corrected chi connectivity index (χ2v) is 6.87. The molecule has 0 unspecified atom stereocenters. The molecule has 0 aliphatic carbocycles. The van der Waals surface area contributed by atoms with Crippen LogP contribution in [0.2, 0.25) is 0 Å². The molecule has 0 aliphatic rings. The van der Waals surface area contributed by atoms with Crippen molar-refractivity contribution in [2.75, 3.05) is 33.2 Å². The van der Waals surface area contributed by atoms with E-state index in [0.29, 0.717) is 13.3 Å². The highest BCUT2D eigenvalue weighted by Gasteiger charge is 2.19. The molecule has 1 amide bonds. The van der Waals surface area contributed by atoms with Gasteiger partial charge in [-0.1, -0.05) is 6.92 Å². The summed E-state index contributed by atoms with van der Waals surface area (Å²) in [5.41, 5.74) is 0. The highest BCUT2D eigenvalue weighted by molar-refractivity contribution is 5.90. The van der Waals surface area contributed by atoms with Crippen LogP contribution in [0.25, 0.3) is 0 Å². The molecule has 0 radical (unpaired) electrons. The van der Waals surface area contributed by atoms with Crippen molar-refractivity contribution in [3.8, 4) is 0 Å². The van der Waals surface area contributed by atoms with E-state index in [-0.39, 0.29) is 49.4 Å². The van der Waals surface area contributed by atoms with E-state index in [2.05, 4.69) is 21.3 Å². The van der Waals surface area contributed by atoms with Gasteiger partial charge < -0.3 is 15.2 Å². The molecule has 168 valence electrons. The third-order valence-corrected chi connectivity index (χ3v) is 4.19. The molecule has 0 aliphatic heterocycles. The summed E-state index contributed by atoms with van der Waals surface area (Å²) in [5, 5.41) is 20.3. The lowest BCUT2D eigenvalue weighted by Gasteiger charge is -2.19. The Balaban J connectivity index is 4.12. The highest BCUT2D eigenvalue weighted by atomic mass is 16.5. The molecular formula is C19H36N4O6. The molecule has 0 aromatic rings. The molecule has 29 heavy (non-hydrogen) atoms. The highest BCUT2D eigenvalue weighted by Crippen LogP contribution is 2.00. The summed E-state index contributed by atoms with van der Waals surface area (Å²) in [7, 11) is 0. The van der Waals surface area contributed by atoms with Crippen LogP contribution in [0.5, 0.6) is 0 Å². The second-order valence-electron chi connectivity index (χ2n) is 6.87. The van der Waals surface area contributed by atoms with E-state index < -0.39 is 24.6 Å². The van der Waals surface area contributed by atoms with Gasteiger partial charge in [0.05, 0.1) is 32.0 Å². The second kappa shape index (κ2) is 16.1. The minimum absolute atomic E-state index is 0.0636. The van der Waals surface area contributed by atoms with Gasteiger partial charge in [-0.15, -0.1) is 0 Å². The average molecular weight is 417 g/mol. The Morgan fingerprint density at radius 1 is 0.966 bits per heavy atom. The van der Waals surface area contributed by atoms with Crippen molar-refractivity contribution in [2.24, 2.45) is 0 Å². The van der Waals surface area contributed by atoms with Gasteiger partial charge in [-0.25, -0.2) is 0 Å². The molecule has 5 N–H and O–H groups in total. The third-order valence-electron chi connectivity index (χ3n) is 4.19. The Morgan fingerprint density at radius 3 is 2.07 bits per heavy atom. The fourth-order valence-electron chi connectivity index (χ4n) is 2.22. The van der Waals surface area contributed by atoms with Crippen LogP contribution in [0.15, 0.2) is 0 Å². The standard InChI is InChI=1S/C19H36N4O6/c1-5-8-29-12-23-15(4)18(27)7-6-17(26)14(3)21-11-22-16(10-24)19(28)20-9-13(2)25/h14-16,21-24H,5-12H2,1-4H3,(H,20,28)/t14-,15-,16-/m0/s1. The first-order valence-corrected chi connectivity index (χ1v) is 9.94. The molecule has 0 aromatic carbocycles. The summed E-state index contributed by atoms with van der Waals surface area (Å²) in [6.45, 7) is 7.21. The van der Waals surface area contributed by atoms with Gasteiger partial charge in [0, 0.05) is 26.1 Å². The first-order chi connectivity index (χ1) is 13.7. The number of aliphatic hydroxyl groups excluding tert-OH is 1. The van der Waals surface area contributed by atoms with E-state index >= 15 is 0 Å². The van der Waals surface area contributed by atoms with Crippen LogP contribution >= 0.6 is 0 Å². The molecule has 3 atom stereocenters. The van der Waals surface area contributed by atoms with Gasteiger partial charge in [0.1, 0.15) is 23.4 Å². The number of ether oxygens (including phenoxy) is 1. The van der Waals surface area contributed by atoms with Gasteiger partial charge in [-0.05, 0) is 27.2 Å². The molecule has 0 fully saturated rings. The van der Waals surface area contributed by atoms with Crippen molar-refractivity contribution < 1.29 is 29.0 Å². The monoisotopic (exact) mass is 416 g/mol. The number of Topliss-reactive ketones (excluding diaryl/α,β-unsaturated/α-hetero) is 3. The van der Waals surface area contributed by atoms with E-state index in [0.717, 1.165) is 6.42 Å². The molecule has 0 aromatic heterocycles. The number of amides is 1. The summed E-state index contributed by atoms with van der Waals surface area (Å²) in [4.78, 5) is 46.9. The number of carbonyl (C=O) groups is 4. The lowest BCUT2D eigenvalue weighted by Crippen LogP contribution is -2.51. The van der Waals surface area contributed by atoms with Gasteiger partial charge in [0.15, 0.2) is 0 Å². The molecule has 0 rings (SSSR count). The van der Waals surface area contributed by atoms with Crippen molar-refractivity contribution in [3.05, 3.63) is 0 Å². The molecule has 10 heteroatoms. The van der Waals surface area contributed by atoms with Crippen molar-refractivity contribution >= 4 is 23.3 Å². The van der Waals surface area contributed by atoms with Crippen molar-refractivity contribution in [1.82, 2.24) is 21.3 Å². The molecule has 10 nitrogen and oxygen atoms in total. The first kappa shape index (κ1) is 27.3. The summed E-state index contributed by atoms with van der Waals surface area (Å²) in [5.74, 6) is -0.888. The molecule has 0 heterocycles. The topological polar surface area (TPSA) is 146 Å². The van der Waals surface area contributed by atoms with Crippen LogP contribution in [0.3, 0.4) is 0 Å². The van der Waals surface area contributed by atoms with Gasteiger partial charge in [0.25, 0.3) is 0 Å². The van der Waals surface area contributed by atoms with Gasteiger partial charge in [-0.2, -0.15) is 0 Å². The fraction of sp³-hybridized carbons (Fsp3) is 0.789. The lowest BCUT2D eigenvalue weighted by molar-refractivity contribution is -0.127. The SMILES string of the molecule is CCCOCN[C@@H](C)C(=O)CCC(=O)[C@H](C)NCN[C@@H](CO)C(=O)NCC(C)=O. The predicted octanol–water partition coefficient (Wildman–Crippen LogP) is -1.14. The molecular weight excluding hydrogens is 380 g/mol. The smallest absolute Gasteiger partial charge is 0.239 e. The van der Waals surface area contributed by atoms with Gasteiger partial charge in [0.2, 0.25) is 5.91 Å². The number of rotatable bonds is 18. The Hall–Kier alpha value is -1.72. The summed E-state index contributed by atoms with van der Waals surface area (Å²) in [6.07, 6.45) is 1.14. The minimum atomic E-state index is -0.896. The molecule has 0 saturated carbocycles. The Labute approximate surface area is 172 Å². The number of aliphatic hydroxyl groups is 1. The Morgan fingerprint density at radius 2 is 1.55 bits per heavy atom. The molecule has 0 saturated heterocycles. The lowest BCUT2D eigenvalue weighted by atomic mass is 10.0. The predicted molar refractivity (Wildman–Crippen MR) is 108 cm³/mol. The van der Waals surface area contributed by atoms with Crippen LogP contribution in [-0.4, -0.2) is 79.6 Å². The van der Waals surface area contributed by atoms with Crippen LogP contribution < -0.4 is 21.3 Å². The van der Waals surface area contributed by atoms with E-state index in [9.17, 15) is 24.3 Å². The van der Waals surface area contributed by atoms with Gasteiger partial charge in [-0.3, -0.25) is 35.1 Å². The zero-order chi connectivity index (χ0) is 22.2. The maximum absolute atomic E-state index is 12.2. The number of ketones is 3. The van der Waals surface area contributed by atoms with Crippen LogP contribution in [0.1, 0.15) is 47.0 Å². The Kier molecular flexibility index (Phi) is 15.2.